The zero-order chi connectivity index (χ0) is 8.97. The molecule has 0 aliphatic carbocycles. The lowest BCUT2D eigenvalue weighted by Gasteiger charge is -1.99. The molecule has 1 aromatic heterocycles. The van der Waals surface area contributed by atoms with Gasteiger partial charge >= 0.3 is 0 Å². The van der Waals surface area contributed by atoms with Crippen LogP contribution in [0.4, 0.5) is 0 Å². The highest BCUT2D eigenvalue weighted by Gasteiger charge is 1.93. The van der Waals surface area contributed by atoms with Crippen LogP contribution in [-0.4, -0.2) is 10.4 Å². The van der Waals surface area contributed by atoms with Crippen LogP contribution in [-0.2, 0) is 11.3 Å². The third-order valence-electron chi connectivity index (χ3n) is 1.69. The maximum Gasteiger partial charge on any atom is 0.152 e. The van der Waals surface area contributed by atoms with Gasteiger partial charge in [-0.25, -0.2) is 0 Å². The van der Waals surface area contributed by atoms with E-state index in [4.69, 9.17) is 0 Å². The first kappa shape index (κ1) is 8.78. The molecule has 1 rings (SSSR count). The predicted molar refractivity (Wildman–Crippen MR) is 49.8 cm³/mol. The Kier molecular flexibility index (Phi) is 2.86. The van der Waals surface area contributed by atoms with E-state index >= 15 is 0 Å². The molecular formula is C10H13NO. The van der Waals surface area contributed by atoms with Crippen molar-refractivity contribution >= 4 is 11.9 Å². The van der Waals surface area contributed by atoms with Gasteiger partial charge in [0.25, 0.3) is 0 Å². The highest BCUT2D eigenvalue weighted by Crippen LogP contribution is 2.04. The molecule has 0 atom stereocenters. The second kappa shape index (κ2) is 3.90. The summed E-state index contributed by atoms with van der Waals surface area (Å²) in [7, 11) is 0. The summed E-state index contributed by atoms with van der Waals surface area (Å²) in [6, 6.07) is 3.96. The van der Waals surface area contributed by atoms with Gasteiger partial charge in [-0.05, 0) is 38.1 Å². The van der Waals surface area contributed by atoms with Crippen LogP contribution >= 0.6 is 0 Å². The Morgan fingerprint density at radius 3 is 3.00 bits per heavy atom. The Labute approximate surface area is 72.5 Å². The summed E-state index contributed by atoms with van der Waals surface area (Å²) in [5.74, 6) is 0.0823. The van der Waals surface area contributed by atoms with Gasteiger partial charge in [0.15, 0.2) is 5.78 Å². The number of rotatable bonds is 3. The molecule has 64 valence electrons. The minimum atomic E-state index is 0.0823. The van der Waals surface area contributed by atoms with Gasteiger partial charge in [-0.1, -0.05) is 0 Å². The van der Waals surface area contributed by atoms with Gasteiger partial charge in [0.05, 0.1) is 0 Å². The van der Waals surface area contributed by atoms with Crippen LogP contribution in [0.1, 0.15) is 19.5 Å². The molecule has 0 amide bonds. The van der Waals surface area contributed by atoms with Gasteiger partial charge in [-0.3, -0.25) is 4.79 Å². The van der Waals surface area contributed by atoms with Crippen molar-refractivity contribution in [2.45, 2.75) is 20.4 Å². The van der Waals surface area contributed by atoms with Crippen molar-refractivity contribution in [3.8, 4) is 0 Å². The Bertz CT molecular complexity index is 297. The van der Waals surface area contributed by atoms with E-state index in [0.29, 0.717) is 0 Å². The van der Waals surface area contributed by atoms with Crippen molar-refractivity contribution in [3.63, 3.8) is 0 Å². The van der Waals surface area contributed by atoms with Crippen LogP contribution in [0.5, 0.6) is 0 Å². The first-order chi connectivity index (χ1) is 5.74. The van der Waals surface area contributed by atoms with Gasteiger partial charge in [0.1, 0.15) is 0 Å². The lowest BCUT2D eigenvalue weighted by atomic mass is 10.3. The van der Waals surface area contributed by atoms with Crippen LogP contribution in [0.15, 0.2) is 24.4 Å². The Morgan fingerprint density at radius 1 is 1.67 bits per heavy atom. The van der Waals surface area contributed by atoms with Gasteiger partial charge in [0, 0.05) is 18.4 Å². The molecule has 0 saturated carbocycles. The summed E-state index contributed by atoms with van der Waals surface area (Å²) in [4.78, 5) is 10.6. The van der Waals surface area contributed by atoms with Crippen LogP contribution in [0, 0.1) is 0 Å². The molecule has 12 heavy (non-hydrogen) atoms. The highest BCUT2D eigenvalue weighted by atomic mass is 16.1. The monoisotopic (exact) mass is 163 g/mol. The molecule has 0 aliphatic rings. The number of nitrogens with zero attached hydrogens (tertiary/aromatic N) is 1. The van der Waals surface area contributed by atoms with Crippen molar-refractivity contribution in [1.29, 1.82) is 0 Å². The molecule has 0 saturated heterocycles. The smallest absolute Gasteiger partial charge is 0.152 e. The van der Waals surface area contributed by atoms with E-state index in [1.807, 2.05) is 24.4 Å². The number of allylic oxidation sites excluding steroid dienone is 1. The minimum Gasteiger partial charge on any atom is -0.348 e. The molecule has 0 spiro atoms. The molecule has 0 radical (unpaired) electrons. The third kappa shape index (κ3) is 2.09. The third-order valence-corrected chi connectivity index (χ3v) is 1.69. The largest absolute Gasteiger partial charge is 0.348 e. The topological polar surface area (TPSA) is 22.0 Å². The second-order valence-electron chi connectivity index (χ2n) is 2.66. The summed E-state index contributed by atoms with van der Waals surface area (Å²) in [6.07, 6.45) is 5.42. The Hall–Kier alpha value is -1.31. The maximum absolute atomic E-state index is 10.6. The van der Waals surface area contributed by atoms with Crippen molar-refractivity contribution in [3.05, 3.63) is 30.1 Å². The van der Waals surface area contributed by atoms with Crippen LogP contribution < -0.4 is 0 Å². The van der Waals surface area contributed by atoms with Crippen molar-refractivity contribution in [1.82, 2.24) is 4.57 Å². The number of aryl methyl sites for hydroxylation is 1. The van der Waals surface area contributed by atoms with E-state index in [1.54, 1.807) is 13.0 Å². The zero-order valence-electron chi connectivity index (χ0n) is 7.45. The summed E-state index contributed by atoms with van der Waals surface area (Å²) in [5.41, 5.74) is 1.08. The quantitative estimate of drug-likeness (QED) is 0.625. The number of aromatic nitrogens is 1. The predicted octanol–water partition coefficient (Wildman–Crippen LogP) is 2.11. The van der Waals surface area contributed by atoms with E-state index in [1.165, 1.54) is 0 Å². The molecule has 0 unspecified atom stereocenters. The molecule has 2 nitrogen and oxygen atoms in total. The molecule has 0 N–H and O–H groups in total. The Morgan fingerprint density at radius 2 is 2.42 bits per heavy atom. The lowest BCUT2D eigenvalue weighted by Crippen LogP contribution is -1.93. The summed E-state index contributed by atoms with van der Waals surface area (Å²) >= 11 is 0. The number of carbonyl (C=O) groups is 1. The molecule has 1 aromatic rings. The minimum absolute atomic E-state index is 0.0823. The number of ketones is 1. The first-order valence-corrected chi connectivity index (χ1v) is 4.08. The van der Waals surface area contributed by atoms with E-state index in [-0.39, 0.29) is 5.78 Å². The van der Waals surface area contributed by atoms with E-state index in [9.17, 15) is 4.79 Å². The molecular weight excluding hydrogens is 150 g/mol. The van der Waals surface area contributed by atoms with Crippen molar-refractivity contribution in [2.75, 3.05) is 0 Å². The highest BCUT2D eigenvalue weighted by molar-refractivity contribution is 5.91. The number of carbonyl (C=O) groups excluding carboxylic acids is 1. The lowest BCUT2D eigenvalue weighted by molar-refractivity contribution is -0.112. The average Bonchev–Trinajstić information content (AvgIpc) is 2.47. The standard InChI is InChI=1S/C10H13NO/c1-3-11-8-4-5-10(11)7-6-9(2)12/h4-8H,3H2,1-2H3. The average molecular weight is 163 g/mol. The fraction of sp³-hybridized carbons (Fsp3) is 0.300. The molecule has 1 heterocycles. The number of hydrogen-bond donors (Lipinski definition) is 0. The second-order valence-corrected chi connectivity index (χ2v) is 2.66. The molecule has 2 heteroatoms. The fourth-order valence-corrected chi connectivity index (χ4v) is 1.07. The number of hydrogen-bond acceptors (Lipinski definition) is 1. The normalized spacial score (nSPS) is 10.8. The SMILES string of the molecule is CCn1cccc1C=CC(C)=O. The first-order valence-electron chi connectivity index (χ1n) is 4.08. The van der Waals surface area contributed by atoms with Gasteiger partial charge in [0.2, 0.25) is 0 Å². The molecule has 0 aliphatic heterocycles. The summed E-state index contributed by atoms with van der Waals surface area (Å²) < 4.78 is 2.08. The summed E-state index contributed by atoms with van der Waals surface area (Å²) in [6.45, 7) is 4.56. The van der Waals surface area contributed by atoms with E-state index in [0.717, 1.165) is 12.2 Å². The fourth-order valence-electron chi connectivity index (χ4n) is 1.07. The van der Waals surface area contributed by atoms with Gasteiger partial charge < -0.3 is 4.57 Å². The van der Waals surface area contributed by atoms with Crippen LogP contribution in [0.25, 0.3) is 6.08 Å². The zero-order valence-corrected chi connectivity index (χ0v) is 7.45. The maximum atomic E-state index is 10.6. The van der Waals surface area contributed by atoms with Crippen molar-refractivity contribution < 1.29 is 4.79 Å². The molecule has 0 aromatic carbocycles. The molecule has 0 fully saturated rings. The van der Waals surface area contributed by atoms with Crippen LogP contribution in [0.3, 0.4) is 0 Å². The summed E-state index contributed by atoms with van der Waals surface area (Å²) in [5, 5.41) is 0. The van der Waals surface area contributed by atoms with E-state index in [2.05, 4.69) is 11.5 Å². The van der Waals surface area contributed by atoms with Gasteiger partial charge in [-0.2, -0.15) is 0 Å². The van der Waals surface area contributed by atoms with E-state index < -0.39 is 0 Å². The van der Waals surface area contributed by atoms with Crippen LogP contribution in [0.2, 0.25) is 0 Å². The van der Waals surface area contributed by atoms with Crippen molar-refractivity contribution in [2.24, 2.45) is 0 Å². The van der Waals surface area contributed by atoms with Gasteiger partial charge in [-0.15, -0.1) is 0 Å². The Balaban J connectivity index is 2.81. The molecule has 0 bridgehead atoms.